The maximum Gasteiger partial charge on any atom is 0.408 e. The molecule has 29 heavy (non-hydrogen) atoms. The molecule has 5 nitrogen and oxygen atoms in total. The van der Waals surface area contributed by atoms with Crippen LogP contribution in [0.25, 0.3) is 6.08 Å². The summed E-state index contributed by atoms with van der Waals surface area (Å²) >= 11 is 0. The van der Waals surface area contributed by atoms with E-state index in [9.17, 15) is 4.79 Å². The fourth-order valence-electron chi connectivity index (χ4n) is 3.63. The first-order valence-electron chi connectivity index (χ1n) is 10.4. The standard InChI is InChI=1S/C24H33N3O2/c1-16(2)21(26-23(28)29-24(4,5)6)22-25-19-14-17(3)12-13-20(19)27(22)15-18-10-8-7-9-11-18/h7-13,16-17,21H,14-15H2,1-6H3,(H,26,28). The molecule has 2 atom stereocenters. The minimum atomic E-state index is -0.539. The highest BCUT2D eigenvalue weighted by molar-refractivity contribution is 5.68. The molecule has 0 fully saturated rings. The second kappa shape index (κ2) is 8.44. The van der Waals surface area contributed by atoms with Gasteiger partial charge in [-0.2, -0.15) is 0 Å². The molecule has 1 heterocycles. The van der Waals surface area contributed by atoms with Gasteiger partial charge in [0.2, 0.25) is 0 Å². The van der Waals surface area contributed by atoms with E-state index in [1.165, 1.54) is 5.56 Å². The van der Waals surface area contributed by atoms with Crippen LogP contribution >= 0.6 is 0 Å². The largest absolute Gasteiger partial charge is 0.444 e. The highest BCUT2D eigenvalue weighted by atomic mass is 16.6. The number of aromatic nitrogens is 2. The van der Waals surface area contributed by atoms with Crippen LogP contribution in [0.2, 0.25) is 0 Å². The molecular formula is C24H33N3O2. The van der Waals surface area contributed by atoms with Crippen LogP contribution in [0.4, 0.5) is 4.79 Å². The van der Waals surface area contributed by atoms with Crippen molar-refractivity contribution in [3.8, 4) is 0 Å². The summed E-state index contributed by atoms with van der Waals surface area (Å²) in [6, 6.07) is 10.1. The predicted molar refractivity (Wildman–Crippen MR) is 117 cm³/mol. The van der Waals surface area contributed by atoms with Crippen LogP contribution in [-0.2, 0) is 17.7 Å². The maximum atomic E-state index is 12.5. The van der Waals surface area contributed by atoms with Crippen molar-refractivity contribution in [3.05, 3.63) is 59.2 Å². The van der Waals surface area contributed by atoms with E-state index >= 15 is 0 Å². The molecule has 1 N–H and O–H groups in total. The Bertz CT molecular complexity index is 876. The van der Waals surface area contributed by atoms with Crippen LogP contribution in [-0.4, -0.2) is 21.2 Å². The van der Waals surface area contributed by atoms with E-state index in [-0.39, 0.29) is 12.0 Å². The van der Waals surface area contributed by atoms with Crippen molar-refractivity contribution < 1.29 is 9.53 Å². The van der Waals surface area contributed by atoms with Crippen LogP contribution in [0, 0.1) is 11.8 Å². The molecule has 3 rings (SSSR count). The van der Waals surface area contributed by atoms with Crippen LogP contribution in [0.3, 0.4) is 0 Å². The zero-order valence-corrected chi connectivity index (χ0v) is 18.4. The molecule has 1 aromatic heterocycles. The number of nitrogens with zero attached hydrogens (tertiary/aromatic N) is 2. The summed E-state index contributed by atoms with van der Waals surface area (Å²) in [5.41, 5.74) is 2.91. The van der Waals surface area contributed by atoms with E-state index in [1.54, 1.807) is 0 Å². The Morgan fingerprint density at radius 3 is 2.59 bits per heavy atom. The first-order valence-corrected chi connectivity index (χ1v) is 10.4. The van der Waals surface area contributed by atoms with Gasteiger partial charge in [0.25, 0.3) is 0 Å². The Balaban J connectivity index is 1.99. The number of nitrogens with one attached hydrogen (secondary N) is 1. The summed E-state index contributed by atoms with van der Waals surface area (Å²) in [4.78, 5) is 17.5. The number of fused-ring (bicyclic) bond motifs is 1. The van der Waals surface area contributed by atoms with Gasteiger partial charge in [0.15, 0.2) is 0 Å². The highest BCUT2D eigenvalue weighted by Crippen LogP contribution is 2.30. The number of ether oxygens (including phenoxy) is 1. The number of alkyl carbamates (subject to hydrolysis) is 1. The Hall–Kier alpha value is -2.56. The van der Waals surface area contributed by atoms with Crippen molar-refractivity contribution >= 4 is 12.2 Å². The molecule has 1 aliphatic rings. The lowest BCUT2D eigenvalue weighted by Gasteiger charge is -2.26. The lowest BCUT2D eigenvalue weighted by atomic mass is 9.98. The van der Waals surface area contributed by atoms with E-state index in [0.717, 1.165) is 30.2 Å². The first-order chi connectivity index (χ1) is 13.6. The van der Waals surface area contributed by atoms with Crippen molar-refractivity contribution in [2.75, 3.05) is 0 Å². The second-order valence-electron chi connectivity index (χ2n) is 9.28. The summed E-state index contributed by atoms with van der Waals surface area (Å²) in [5, 5.41) is 3.07. The average molecular weight is 396 g/mol. The molecule has 1 aliphatic carbocycles. The van der Waals surface area contributed by atoms with Crippen LogP contribution in [0.15, 0.2) is 36.4 Å². The molecule has 0 bridgehead atoms. The number of rotatable bonds is 5. The summed E-state index contributed by atoms with van der Waals surface area (Å²) in [6.07, 6.45) is 4.92. The molecule has 0 saturated heterocycles. The van der Waals surface area contributed by atoms with Crippen molar-refractivity contribution in [1.29, 1.82) is 0 Å². The summed E-state index contributed by atoms with van der Waals surface area (Å²) in [7, 11) is 0. The van der Waals surface area contributed by atoms with Gasteiger partial charge in [-0.15, -0.1) is 0 Å². The third kappa shape index (κ3) is 5.28. The van der Waals surface area contributed by atoms with E-state index in [1.807, 2.05) is 26.8 Å². The number of imidazole rings is 1. The van der Waals surface area contributed by atoms with Gasteiger partial charge in [-0.05, 0) is 50.7 Å². The van der Waals surface area contributed by atoms with Crippen LogP contribution < -0.4 is 5.32 Å². The van der Waals surface area contributed by atoms with Crippen LogP contribution in [0.5, 0.6) is 0 Å². The summed E-state index contributed by atoms with van der Waals surface area (Å²) in [5.74, 6) is 1.52. The zero-order valence-electron chi connectivity index (χ0n) is 18.4. The fraction of sp³-hybridized carbons (Fsp3) is 0.500. The molecule has 2 unspecified atom stereocenters. The van der Waals surface area contributed by atoms with Crippen molar-refractivity contribution in [3.63, 3.8) is 0 Å². The smallest absolute Gasteiger partial charge is 0.408 e. The van der Waals surface area contributed by atoms with Gasteiger partial charge in [-0.1, -0.05) is 57.2 Å². The average Bonchev–Trinajstić information content (AvgIpc) is 2.96. The normalized spacial score (nSPS) is 17.1. The third-order valence-electron chi connectivity index (χ3n) is 5.01. The Kier molecular flexibility index (Phi) is 6.15. The lowest BCUT2D eigenvalue weighted by molar-refractivity contribution is 0.0485. The Morgan fingerprint density at radius 1 is 1.28 bits per heavy atom. The van der Waals surface area contributed by atoms with Gasteiger partial charge >= 0.3 is 6.09 Å². The molecule has 156 valence electrons. The van der Waals surface area contributed by atoms with E-state index in [2.05, 4.69) is 67.1 Å². The third-order valence-corrected chi connectivity index (χ3v) is 5.01. The van der Waals surface area contributed by atoms with Crippen LogP contribution in [0.1, 0.15) is 70.4 Å². The van der Waals surface area contributed by atoms with E-state index < -0.39 is 11.7 Å². The summed E-state index contributed by atoms with van der Waals surface area (Å²) in [6.45, 7) is 12.7. The Labute approximate surface area is 174 Å². The monoisotopic (exact) mass is 395 g/mol. The van der Waals surface area contributed by atoms with Crippen molar-refractivity contribution in [1.82, 2.24) is 14.9 Å². The molecule has 1 amide bonds. The fourth-order valence-corrected chi connectivity index (χ4v) is 3.63. The summed E-state index contributed by atoms with van der Waals surface area (Å²) < 4.78 is 7.76. The van der Waals surface area contributed by atoms with E-state index in [0.29, 0.717) is 5.92 Å². The SMILES string of the molecule is CC1C=Cc2c(nc(C(NC(=O)OC(C)(C)C)C(C)C)n2Cc2ccccc2)C1. The minimum absolute atomic E-state index is 0.169. The van der Waals surface area contributed by atoms with Gasteiger partial charge in [0.05, 0.1) is 17.4 Å². The molecular weight excluding hydrogens is 362 g/mol. The van der Waals surface area contributed by atoms with Gasteiger partial charge in [-0.25, -0.2) is 9.78 Å². The quantitative estimate of drug-likeness (QED) is 0.741. The molecule has 0 spiro atoms. The number of hydrogen-bond acceptors (Lipinski definition) is 3. The molecule has 5 heteroatoms. The minimum Gasteiger partial charge on any atom is -0.444 e. The van der Waals surface area contributed by atoms with Crippen molar-refractivity contribution in [2.45, 2.75) is 66.2 Å². The van der Waals surface area contributed by atoms with Gasteiger partial charge in [0.1, 0.15) is 11.4 Å². The lowest BCUT2D eigenvalue weighted by Crippen LogP contribution is -2.38. The molecule has 2 aromatic rings. The topological polar surface area (TPSA) is 56.1 Å². The second-order valence-corrected chi connectivity index (χ2v) is 9.28. The number of benzene rings is 1. The van der Waals surface area contributed by atoms with Crippen molar-refractivity contribution in [2.24, 2.45) is 11.8 Å². The predicted octanol–water partition coefficient (Wildman–Crippen LogP) is 5.36. The number of amides is 1. The zero-order chi connectivity index (χ0) is 21.2. The molecule has 0 aliphatic heterocycles. The maximum absolute atomic E-state index is 12.5. The number of carbonyl (C=O) groups excluding carboxylic acids is 1. The molecule has 0 radical (unpaired) electrons. The van der Waals surface area contributed by atoms with Gasteiger partial charge in [0, 0.05) is 6.54 Å². The van der Waals surface area contributed by atoms with Gasteiger partial charge in [-0.3, -0.25) is 0 Å². The van der Waals surface area contributed by atoms with Gasteiger partial charge < -0.3 is 14.6 Å². The molecule has 0 saturated carbocycles. The molecule has 1 aromatic carbocycles. The highest BCUT2D eigenvalue weighted by Gasteiger charge is 2.29. The Morgan fingerprint density at radius 2 is 1.97 bits per heavy atom. The van der Waals surface area contributed by atoms with E-state index in [4.69, 9.17) is 9.72 Å². The number of allylic oxidation sites excluding steroid dienone is 1. The number of carbonyl (C=O) groups is 1. The number of hydrogen-bond donors (Lipinski definition) is 1. The first kappa shape index (κ1) is 21.2.